The van der Waals surface area contributed by atoms with E-state index in [9.17, 15) is 8.78 Å². The van der Waals surface area contributed by atoms with Crippen LogP contribution in [0.25, 0.3) is 0 Å². The quantitative estimate of drug-likeness (QED) is 0.667. The minimum Gasteiger partial charge on any atom is -0.300 e. The van der Waals surface area contributed by atoms with Gasteiger partial charge in [0.05, 0.1) is 0 Å². The van der Waals surface area contributed by atoms with Crippen molar-refractivity contribution in [1.82, 2.24) is 4.90 Å². The molecule has 16 heavy (non-hydrogen) atoms. The fourth-order valence-corrected chi connectivity index (χ4v) is 2.93. The number of likely N-dealkylation sites (tertiary alicyclic amines) is 1. The van der Waals surface area contributed by atoms with Gasteiger partial charge in [-0.3, -0.25) is 4.90 Å². The van der Waals surface area contributed by atoms with Crippen molar-refractivity contribution >= 4 is 0 Å². The normalized spacial score (nSPS) is 32.4. The van der Waals surface area contributed by atoms with Crippen LogP contribution in [0.1, 0.15) is 46.5 Å². The van der Waals surface area contributed by atoms with Crippen LogP contribution in [-0.4, -0.2) is 30.0 Å². The van der Waals surface area contributed by atoms with Crippen LogP contribution in [0.5, 0.6) is 0 Å². The van der Waals surface area contributed by atoms with Crippen LogP contribution in [0.3, 0.4) is 0 Å². The predicted octanol–water partition coefficient (Wildman–Crippen LogP) is 3.54. The molecule has 1 nitrogen and oxygen atoms in total. The molecule has 0 aromatic carbocycles. The summed E-state index contributed by atoms with van der Waals surface area (Å²) in [6.45, 7) is 8.82. The minimum atomic E-state index is -2.38. The Morgan fingerprint density at radius 3 is 2.31 bits per heavy atom. The monoisotopic (exact) mass is 231 g/mol. The van der Waals surface area contributed by atoms with Gasteiger partial charge in [-0.15, -0.1) is 0 Å². The second kappa shape index (κ2) is 3.94. The summed E-state index contributed by atoms with van der Waals surface area (Å²) in [7, 11) is 0. The molecule has 2 rings (SSSR count). The highest BCUT2D eigenvalue weighted by Crippen LogP contribution is 2.43. The number of rotatable bonds is 1. The van der Waals surface area contributed by atoms with Gasteiger partial charge in [-0.2, -0.15) is 0 Å². The van der Waals surface area contributed by atoms with Crippen molar-refractivity contribution in [1.29, 1.82) is 0 Å². The maximum atomic E-state index is 12.8. The standard InChI is InChI=1S/C13H23F2N/c1-12(2,3)10-5-4-6-16(9-10)11-7-13(14,15)8-11/h10-11H,4-9H2,1-3H3. The van der Waals surface area contributed by atoms with E-state index in [0.717, 1.165) is 13.1 Å². The molecule has 1 heterocycles. The van der Waals surface area contributed by atoms with Crippen LogP contribution in [0.4, 0.5) is 8.78 Å². The molecule has 0 amide bonds. The molecule has 2 aliphatic rings. The van der Waals surface area contributed by atoms with Crippen molar-refractivity contribution in [2.75, 3.05) is 13.1 Å². The molecule has 1 aliphatic heterocycles. The molecule has 0 N–H and O–H groups in total. The Bertz CT molecular complexity index is 249. The van der Waals surface area contributed by atoms with Crippen molar-refractivity contribution in [3.05, 3.63) is 0 Å². The Balaban J connectivity index is 1.88. The lowest BCUT2D eigenvalue weighted by atomic mass is 9.75. The van der Waals surface area contributed by atoms with Crippen LogP contribution < -0.4 is 0 Å². The van der Waals surface area contributed by atoms with Crippen LogP contribution >= 0.6 is 0 Å². The second-order valence-electron chi connectivity index (χ2n) is 6.62. The average molecular weight is 231 g/mol. The molecule has 0 aromatic heterocycles. The van der Waals surface area contributed by atoms with Crippen LogP contribution in [0.2, 0.25) is 0 Å². The Labute approximate surface area is 97.2 Å². The van der Waals surface area contributed by atoms with E-state index in [-0.39, 0.29) is 18.9 Å². The molecule has 3 heteroatoms. The van der Waals surface area contributed by atoms with Gasteiger partial charge < -0.3 is 0 Å². The first kappa shape index (κ1) is 12.3. The molecule has 1 atom stereocenters. The zero-order valence-electron chi connectivity index (χ0n) is 10.6. The maximum absolute atomic E-state index is 12.8. The number of hydrogen-bond donors (Lipinski definition) is 0. The molecular weight excluding hydrogens is 208 g/mol. The van der Waals surface area contributed by atoms with E-state index in [0.29, 0.717) is 11.3 Å². The van der Waals surface area contributed by atoms with Gasteiger partial charge in [-0.1, -0.05) is 20.8 Å². The van der Waals surface area contributed by atoms with Gasteiger partial charge in [0.25, 0.3) is 5.92 Å². The lowest BCUT2D eigenvalue weighted by molar-refractivity contribution is -0.132. The lowest BCUT2D eigenvalue weighted by Crippen LogP contribution is -2.54. The molecule has 1 saturated carbocycles. The summed E-state index contributed by atoms with van der Waals surface area (Å²) >= 11 is 0. The van der Waals surface area contributed by atoms with Crippen molar-refractivity contribution in [2.45, 2.75) is 58.4 Å². The van der Waals surface area contributed by atoms with Crippen molar-refractivity contribution < 1.29 is 8.78 Å². The summed E-state index contributed by atoms with van der Waals surface area (Å²) in [5.74, 6) is -1.71. The van der Waals surface area contributed by atoms with E-state index in [4.69, 9.17) is 0 Å². The summed E-state index contributed by atoms with van der Waals surface area (Å²) in [4.78, 5) is 2.30. The van der Waals surface area contributed by atoms with E-state index in [2.05, 4.69) is 25.7 Å². The number of nitrogens with zero attached hydrogens (tertiary/aromatic N) is 1. The van der Waals surface area contributed by atoms with E-state index >= 15 is 0 Å². The predicted molar refractivity (Wildman–Crippen MR) is 61.7 cm³/mol. The molecule has 0 aromatic rings. The number of halogens is 2. The van der Waals surface area contributed by atoms with Gasteiger partial charge in [0, 0.05) is 25.4 Å². The molecule has 94 valence electrons. The van der Waals surface area contributed by atoms with Gasteiger partial charge in [-0.05, 0) is 30.7 Å². The maximum Gasteiger partial charge on any atom is 0.251 e. The van der Waals surface area contributed by atoms with Gasteiger partial charge in [0.1, 0.15) is 0 Å². The second-order valence-corrected chi connectivity index (χ2v) is 6.62. The van der Waals surface area contributed by atoms with Crippen LogP contribution in [0.15, 0.2) is 0 Å². The molecule has 0 radical (unpaired) electrons. The third-order valence-corrected chi connectivity index (χ3v) is 4.26. The summed E-state index contributed by atoms with van der Waals surface area (Å²) in [6, 6.07) is 0.153. The molecule has 2 fully saturated rings. The molecular formula is C13H23F2N. The highest BCUT2D eigenvalue weighted by atomic mass is 19.3. The topological polar surface area (TPSA) is 3.24 Å². The highest BCUT2D eigenvalue weighted by Gasteiger charge is 2.48. The van der Waals surface area contributed by atoms with E-state index in [1.165, 1.54) is 12.8 Å². The van der Waals surface area contributed by atoms with Crippen molar-refractivity contribution in [3.8, 4) is 0 Å². The summed E-state index contributed by atoms with van der Waals surface area (Å²) in [6.07, 6.45) is 2.60. The van der Waals surface area contributed by atoms with Gasteiger partial charge in [0.2, 0.25) is 0 Å². The van der Waals surface area contributed by atoms with E-state index in [1.54, 1.807) is 0 Å². The SMILES string of the molecule is CC(C)(C)C1CCCN(C2CC(F)(F)C2)C1. The number of hydrogen-bond acceptors (Lipinski definition) is 1. The van der Waals surface area contributed by atoms with Crippen LogP contribution in [0, 0.1) is 11.3 Å². The fourth-order valence-electron chi connectivity index (χ4n) is 2.93. The molecule has 1 saturated heterocycles. The first-order valence-electron chi connectivity index (χ1n) is 6.40. The first-order chi connectivity index (χ1) is 7.28. The molecule has 1 aliphatic carbocycles. The smallest absolute Gasteiger partial charge is 0.251 e. The number of alkyl halides is 2. The summed E-state index contributed by atoms with van der Waals surface area (Å²) < 4.78 is 25.7. The summed E-state index contributed by atoms with van der Waals surface area (Å²) in [5.41, 5.74) is 0.310. The molecule has 0 bridgehead atoms. The van der Waals surface area contributed by atoms with Crippen LogP contribution in [-0.2, 0) is 0 Å². The minimum absolute atomic E-state index is 0.0872. The first-order valence-corrected chi connectivity index (χ1v) is 6.40. The fraction of sp³-hybridized carbons (Fsp3) is 1.00. The zero-order chi connectivity index (χ0) is 12.0. The summed E-state index contributed by atoms with van der Waals surface area (Å²) in [5, 5.41) is 0. The van der Waals surface area contributed by atoms with Gasteiger partial charge in [0.15, 0.2) is 0 Å². The largest absolute Gasteiger partial charge is 0.300 e. The van der Waals surface area contributed by atoms with E-state index in [1.807, 2.05) is 0 Å². The Morgan fingerprint density at radius 1 is 1.19 bits per heavy atom. The highest BCUT2D eigenvalue weighted by molar-refractivity contribution is 4.95. The third-order valence-electron chi connectivity index (χ3n) is 4.26. The van der Waals surface area contributed by atoms with E-state index < -0.39 is 5.92 Å². The Hall–Kier alpha value is -0.180. The Morgan fingerprint density at radius 2 is 1.81 bits per heavy atom. The van der Waals surface area contributed by atoms with Crippen molar-refractivity contribution in [2.24, 2.45) is 11.3 Å². The average Bonchev–Trinajstić information content (AvgIpc) is 2.13. The lowest BCUT2D eigenvalue weighted by Gasteiger charge is -2.48. The third kappa shape index (κ3) is 2.55. The number of piperidine rings is 1. The van der Waals surface area contributed by atoms with Gasteiger partial charge in [-0.25, -0.2) is 8.78 Å². The zero-order valence-corrected chi connectivity index (χ0v) is 10.6. The molecule has 0 spiro atoms. The van der Waals surface area contributed by atoms with Gasteiger partial charge >= 0.3 is 0 Å². The molecule has 1 unspecified atom stereocenters. The van der Waals surface area contributed by atoms with Crippen molar-refractivity contribution in [3.63, 3.8) is 0 Å². The Kier molecular flexibility index (Phi) is 3.02.